The lowest BCUT2D eigenvalue weighted by molar-refractivity contribution is -0.151. The van der Waals surface area contributed by atoms with Crippen molar-refractivity contribution in [1.82, 2.24) is 52.3 Å². The average molecular weight is 1150 g/mol. The maximum Gasteiger partial charge on any atom is 0.268 e. The minimum Gasteiger partial charge on any atom is -0.391 e. The Morgan fingerprint density at radius 3 is 1.60 bits per heavy atom. The van der Waals surface area contributed by atoms with Gasteiger partial charge < -0.3 is 79.7 Å². The number of likely N-dealkylation sites (N-methyl/N-ethyl adjacent to an activating group) is 1. The molecule has 28 heteroatoms. The molecule has 0 radical (unpaired) electrons. The molecule has 28 nitrogen and oxygen atoms in total. The molecule has 2 aliphatic heterocycles. The monoisotopic (exact) mass is 1150 g/mol. The van der Waals surface area contributed by atoms with Gasteiger partial charge in [-0.25, -0.2) is 0 Å². The van der Waals surface area contributed by atoms with Crippen molar-refractivity contribution in [3.05, 3.63) is 23.5 Å². The van der Waals surface area contributed by atoms with Gasteiger partial charge in [0.05, 0.1) is 31.4 Å². The number of primary amides is 3. The first kappa shape index (κ1) is 69.6. The SMILES string of the molecule is CC=C1NC(=O)C(CC(N)=O)NC(=O)C(=CC)NC(=O)C(C(C)C)NC(=O)C(O)C(C(C)CCCCCCCCCC)NC(=O)C2CCCN2C(=O)C(CC(N)=O)N(C)C(=O)C(C(C)O)NC(=O)C(C)NC(=O)C(CC(N)=O)NC1=O. The van der Waals surface area contributed by atoms with E-state index in [1.807, 2.05) is 0 Å². The summed E-state index contributed by atoms with van der Waals surface area (Å²) in [6, 6.07) is -12.9. The van der Waals surface area contributed by atoms with Gasteiger partial charge in [-0.15, -0.1) is 0 Å². The van der Waals surface area contributed by atoms with Crippen LogP contribution in [0.15, 0.2) is 23.5 Å². The molecular formula is C53H87N13O15. The van der Waals surface area contributed by atoms with Crippen molar-refractivity contribution in [2.75, 3.05) is 13.6 Å². The van der Waals surface area contributed by atoms with Crippen LogP contribution in [0.2, 0.25) is 0 Å². The molecule has 0 aromatic carbocycles. The molecule has 454 valence electrons. The van der Waals surface area contributed by atoms with Crippen LogP contribution in [0.3, 0.4) is 0 Å². The summed E-state index contributed by atoms with van der Waals surface area (Å²) >= 11 is 0. The number of unbranched alkanes of at least 4 members (excludes halogenated alkanes) is 7. The van der Waals surface area contributed by atoms with Gasteiger partial charge in [0.25, 0.3) is 17.7 Å². The van der Waals surface area contributed by atoms with Gasteiger partial charge in [0.15, 0.2) is 6.10 Å². The summed E-state index contributed by atoms with van der Waals surface area (Å²) in [5.74, 6) is -15.4. The summed E-state index contributed by atoms with van der Waals surface area (Å²) in [6.07, 6.45) is 4.46. The summed E-state index contributed by atoms with van der Waals surface area (Å²) in [5, 5.41) is 41.7. The van der Waals surface area contributed by atoms with Crippen molar-refractivity contribution in [2.45, 2.75) is 206 Å². The molecule has 11 unspecified atom stereocenters. The number of nitrogens with zero attached hydrogens (tertiary/aromatic N) is 2. The number of aliphatic hydroxyl groups excluding tert-OH is 2. The topological polar surface area (TPSA) is 443 Å². The Kier molecular flexibility index (Phi) is 29.2. The zero-order valence-electron chi connectivity index (χ0n) is 48.0. The second-order valence-electron chi connectivity index (χ2n) is 21.0. The quantitative estimate of drug-likeness (QED) is 0.0480. The summed E-state index contributed by atoms with van der Waals surface area (Å²) in [5.41, 5.74) is 15.3. The van der Waals surface area contributed by atoms with E-state index < -0.39 is 180 Å². The van der Waals surface area contributed by atoms with Crippen molar-refractivity contribution in [1.29, 1.82) is 0 Å². The Balaban J connectivity index is 2.79. The van der Waals surface area contributed by atoms with Gasteiger partial charge in [-0.3, -0.25) is 62.3 Å². The van der Waals surface area contributed by atoms with E-state index in [2.05, 4.69) is 49.5 Å². The van der Waals surface area contributed by atoms with Crippen LogP contribution in [0.5, 0.6) is 0 Å². The fraction of sp³-hybridized carbons (Fsp3) is 0.679. The first-order chi connectivity index (χ1) is 38.0. The molecule has 0 bridgehead atoms. The number of rotatable bonds is 18. The van der Waals surface area contributed by atoms with E-state index in [9.17, 15) is 72.5 Å². The third-order valence-electron chi connectivity index (χ3n) is 14.1. The molecule has 16 N–H and O–H groups in total. The smallest absolute Gasteiger partial charge is 0.268 e. The molecule has 2 heterocycles. The first-order valence-electron chi connectivity index (χ1n) is 27.6. The van der Waals surface area contributed by atoms with Gasteiger partial charge in [0.2, 0.25) is 59.1 Å². The summed E-state index contributed by atoms with van der Waals surface area (Å²) in [6.45, 7) is 11.8. The number of allylic oxidation sites excluding steroid dienone is 2. The maximum absolute atomic E-state index is 14.6. The highest BCUT2D eigenvalue weighted by molar-refractivity contribution is 6.05. The van der Waals surface area contributed by atoms with Gasteiger partial charge in [0.1, 0.15) is 53.7 Å². The summed E-state index contributed by atoms with van der Waals surface area (Å²) in [4.78, 5) is 179. The number of carbonyl (C=O) groups excluding carboxylic acids is 13. The molecule has 0 saturated carbocycles. The highest BCUT2D eigenvalue weighted by Gasteiger charge is 2.44. The molecule has 2 rings (SSSR count). The fourth-order valence-electron chi connectivity index (χ4n) is 9.25. The highest BCUT2D eigenvalue weighted by atomic mass is 16.3. The fourth-order valence-corrected chi connectivity index (χ4v) is 9.25. The molecule has 0 aliphatic carbocycles. The van der Waals surface area contributed by atoms with Crippen LogP contribution in [0.25, 0.3) is 0 Å². The number of nitrogens with two attached hydrogens (primary N) is 3. The minimum atomic E-state index is -2.02. The summed E-state index contributed by atoms with van der Waals surface area (Å²) in [7, 11) is 1.10. The van der Waals surface area contributed by atoms with Crippen molar-refractivity contribution in [2.24, 2.45) is 29.0 Å². The largest absolute Gasteiger partial charge is 0.391 e. The number of nitrogens with one attached hydrogen (secondary N) is 8. The predicted octanol–water partition coefficient (Wildman–Crippen LogP) is -3.02. The maximum atomic E-state index is 14.6. The normalized spacial score (nSPS) is 26.9. The molecule has 2 fully saturated rings. The molecule has 13 amide bonds. The van der Waals surface area contributed by atoms with E-state index in [1.54, 1.807) is 20.8 Å². The molecule has 11 atom stereocenters. The second-order valence-corrected chi connectivity index (χ2v) is 21.0. The van der Waals surface area contributed by atoms with Gasteiger partial charge in [-0.05, 0) is 58.8 Å². The standard InChI is InChI=1S/C53H87N13O15/c1-10-13-14-15-16-17-18-19-21-28(6)41-43(71)51(79)62-40(27(4)5)50(78)59-32(12-3)46(74)61-34(25-38(55)69)48(76)58-31(11-2)45(73)60-33(24-37(54)68)47(75)57-29(7)44(72)64-42(30(8)67)53(81)65(9)36(26-39(56)70)52(80)66-23-20-22-35(66)49(77)63-41/h11-12,27-30,33-36,40-43,67,71H,10,13-26H2,1-9H3,(H2,54,68)(H2,55,69)(H2,56,70)(H,57,75)(H,58,76)(H,59,78)(H,60,73)(H,61,74)(H,62,79)(H,63,77)(H,64,72). The third-order valence-corrected chi connectivity index (χ3v) is 14.1. The number of amides is 13. The second kappa shape index (κ2) is 33.9. The van der Waals surface area contributed by atoms with Crippen molar-refractivity contribution >= 4 is 76.8 Å². The van der Waals surface area contributed by atoms with Crippen LogP contribution in [0, 0.1) is 11.8 Å². The first-order valence-corrected chi connectivity index (χ1v) is 27.6. The Bertz CT molecular complexity index is 2360. The minimum absolute atomic E-state index is 0.0563. The van der Waals surface area contributed by atoms with Crippen LogP contribution < -0.4 is 59.7 Å². The molecule has 81 heavy (non-hydrogen) atoms. The average Bonchev–Trinajstić information content (AvgIpc) is 3.90. The number of aliphatic hydroxyl groups is 2. The van der Waals surface area contributed by atoms with Gasteiger partial charge >= 0.3 is 0 Å². The molecule has 0 spiro atoms. The number of carbonyl (C=O) groups is 13. The van der Waals surface area contributed by atoms with Crippen LogP contribution >= 0.6 is 0 Å². The Morgan fingerprint density at radius 2 is 1.11 bits per heavy atom. The predicted molar refractivity (Wildman–Crippen MR) is 293 cm³/mol. The molecule has 0 aromatic rings. The van der Waals surface area contributed by atoms with E-state index in [0.29, 0.717) is 12.8 Å². The van der Waals surface area contributed by atoms with Gasteiger partial charge in [-0.2, -0.15) is 0 Å². The van der Waals surface area contributed by atoms with Crippen molar-refractivity contribution in [3.8, 4) is 0 Å². The van der Waals surface area contributed by atoms with Crippen molar-refractivity contribution in [3.63, 3.8) is 0 Å². The van der Waals surface area contributed by atoms with Gasteiger partial charge in [-0.1, -0.05) is 91.2 Å². The zero-order valence-corrected chi connectivity index (χ0v) is 48.0. The van der Waals surface area contributed by atoms with Crippen LogP contribution in [0.4, 0.5) is 0 Å². The van der Waals surface area contributed by atoms with E-state index in [4.69, 9.17) is 17.2 Å². The molecule has 2 saturated heterocycles. The van der Waals surface area contributed by atoms with Crippen LogP contribution in [0.1, 0.15) is 145 Å². The van der Waals surface area contributed by atoms with E-state index >= 15 is 0 Å². The van der Waals surface area contributed by atoms with Crippen molar-refractivity contribution < 1.29 is 72.5 Å². The Labute approximate surface area is 472 Å². The lowest BCUT2D eigenvalue weighted by atomic mass is 9.90. The van der Waals surface area contributed by atoms with E-state index in [0.717, 1.165) is 87.8 Å². The van der Waals surface area contributed by atoms with Crippen LogP contribution in [-0.4, -0.2) is 171 Å². The summed E-state index contributed by atoms with van der Waals surface area (Å²) < 4.78 is 0. The van der Waals surface area contributed by atoms with E-state index in [1.165, 1.54) is 13.8 Å². The van der Waals surface area contributed by atoms with E-state index in [-0.39, 0.29) is 19.4 Å². The Morgan fingerprint density at radius 1 is 0.617 bits per heavy atom. The molecule has 2 aliphatic rings. The number of fused-ring (bicyclic) bond motifs is 1. The lowest BCUT2D eigenvalue weighted by Crippen LogP contribution is -2.62. The molecular weight excluding hydrogens is 1060 g/mol. The Hall–Kier alpha value is -7.49. The molecule has 0 aromatic heterocycles. The zero-order chi connectivity index (χ0) is 61.4. The third kappa shape index (κ3) is 21.8. The van der Waals surface area contributed by atoms with Gasteiger partial charge in [0, 0.05) is 13.6 Å². The lowest BCUT2D eigenvalue weighted by Gasteiger charge is -2.36. The highest BCUT2D eigenvalue weighted by Crippen LogP contribution is 2.24. The van der Waals surface area contributed by atoms with Crippen LogP contribution in [-0.2, 0) is 62.3 Å². The number of hydrogen-bond donors (Lipinski definition) is 13. The number of hydrogen-bond acceptors (Lipinski definition) is 15.